The summed E-state index contributed by atoms with van der Waals surface area (Å²) in [4.78, 5) is 50.1. The van der Waals surface area contributed by atoms with Gasteiger partial charge in [0.1, 0.15) is 16.8 Å². The first kappa shape index (κ1) is 40.1. The maximum atomic E-state index is 13.6. The number of carbonyl (C=O) groups excluding carboxylic acids is 2. The minimum Gasteiger partial charge on any atom is -0.383 e. The first-order valence-electron chi connectivity index (χ1n) is 15.2. The van der Waals surface area contributed by atoms with E-state index in [4.69, 9.17) is 27.8 Å². The van der Waals surface area contributed by atoms with E-state index in [1.165, 1.54) is 6.92 Å². The van der Waals surface area contributed by atoms with E-state index < -0.39 is 59.5 Å². The molecule has 3 rings (SSSR count). The summed E-state index contributed by atoms with van der Waals surface area (Å²) in [6, 6.07) is 1.07. The summed E-state index contributed by atoms with van der Waals surface area (Å²) in [5, 5.41) is 22.6. The normalized spacial score (nSPS) is 25.9. The largest absolute Gasteiger partial charge is 0.475 e. The molecule has 0 radical (unpaired) electrons. The van der Waals surface area contributed by atoms with Gasteiger partial charge in [0.15, 0.2) is 16.5 Å². The average molecular weight is 727 g/mol. The topological polar surface area (TPSA) is 202 Å². The van der Waals surface area contributed by atoms with Crippen molar-refractivity contribution in [3.63, 3.8) is 0 Å². The van der Waals surface area contributed by atoms with Gasteiger partial charge in [-0.05, 0) is 6.92 Å². The number of thioether (sulfide) groups is 2. The van der Waals surface area contributed by atoms with E-state index in [0.29, 0.717) is 11.5 Å². The lowest BCUT2D eigenvalue weighted by Gasteiger charge is -2.31. The van der Waals surface area contributed by atoms with Crippen LogP contribution in [0.5, 0.6) is 0 Å². The lowest BCUT2D eigenvalue weighted by atomic mass is 9.94. The lowest BCUT2D eigenvalue weighted by molar-refractivity contribution is -0.144. The van der Waals surface area contributed by atoms with Crippen LogP contribution in [0.3, 0.4) is 0 Å². The van der Waals surface area contributed by atoms with Crippen molar-refractivity contribution in [2.45, 2.75) is 77.9 Å². The first-order valence-corrected chi connectivity index (χ1v) is 18.6. The molecule has 3 N–H and O–H groups in total. The Balaban J connectivity index is 1.57. The van der Waals surface area contributed by atoms with Gasteiger partial charge in [0, 0.05) is 41.0 Å². The zero-order chi connectivity index (χ0) is 35.3. The molecule has 2 fully saturated rings. The Morgan fingerprint density at radius 3 is 1.91 bits per heavy atom. The van der Waals surface area contributed by atoms with E-state index in [9.17, 15) is 34.0 Å². The van der Waals surface area contributed by atoms with Gasteiger partial charge < -0.3 is 24.4 Å². The molecular formula is C29H47N2O13PS2. The van der Waals surface area contributed by atoms with Crippen LogP contribution in [0.1, 0.15) is 61.1 Å². The van der Waals surface area contributed by atoms with Gasteiger partial charge in [-0.3, -0.25) is 37.5 Å². The standard InChI is InChI=1S/C29H47N2O13PS2/c1-25(2,3)22(33)46-16-14-39-10-12-41-45(38,42-13-11-40-15-17-47-23(34)26(4,5)6)43-19-28-18-29(28,37)27(7,36)21(44-28)31-9-8-20(32)30-24(31)35/h8-9,21,36-37H,10-19H2,1-7H3,(H,30,32,35). The van der Waals surface area contributed by atoms with Gasteiger partial charge in [-0.15, -0.1) is 0 Å². The molecule has 1 aromatic rings. The van der Waals surface area contributed by atoms with Gasteiger partial charge in [-0.2, -0.15) is 0 Å². The number of nitrogens with one attached hydrogen (secondary N) is 1. The number of hydrogen-bond acceptors (Lipinski definition) is 15. The number of carbonyl (C=O) groups is 2. The summed E-state index contributed by atoms with van der Waals surface area (Å²) >= 11 is 2.31. The Kier molecular flexibility index (Phi) is 13.4. The Morgan fingerprint density at radius 2 is 1.45 bits per heavy atom. The molecule has 18 heteroatoms. The van der Waals surface area contributed by atoms with Crippen LogP contribution in [0.4, 0.5) is 0 Å². The van der Waals surface area contributed by atoms with E-state index in [-0.39, 0.29) is 56.3 Å². The molecule has 0 aromatic carbocycles. The van der Waals surface area contributed by atoms with Gasteiger partial charge in [0.25, 0.3) is 5.56 Å². The minimum absolute atomic E-state index is 0.00794. The van der Waals surface area contributed by atoms with Crippen molar-refractivity contribution in [3.8, 4) is 0 Å². The summed E-state index contributed by atoms with van der Waals surface area (Å²) < 4.78 is 48.1. The van der Waals surface area contributed by atoms with Crippen molar-refractivity contribution < 1.29 is 52.1 Å². The highest BCUT2D eigenvalue weighted by molar-refractivity contribution is 8.14. The molecular weight excluding hydrogens is 679 g/mol. The number of aromatic amines is 1. The highest BCUT2D eigenvalue weighted by Gasteiger charge is 2.84. The number of ether oxygens (including phenoxy) is 3. The number of fused-ring (bicyclic) bond motifs is 1. The maximum absolute atomic E-state index is 13.6. The fourth-order valence-electron chi connectivity index (χ4n) is 4.56. The van der Waals surface area contributed by atoms with E-state index in [2.05, 4.69) is 4.98 Å². The summed E-state index contributed by atoms with van der Waals surface area (Å²) in [5.74, 6) is 0.853. The van der Waals surface area contributed by atoms with Gasteiger partial charge in [0.2, 0.25) is 0 Å². The molecule has 0 amide bonds. The molecule has 1 aliphatic heterocycles. The second kappa shape index (κ2) is 15.7. The van der Waals surface area contributed by atoms with Crippen molar-refractivity contribution >= 4 is 41.6 Å². The Labute approximate surface area is 282 Å². The number of phosphoric acid groups is 1. The molecule has 1 saturated heterocycles. The molecule has 0 bridgehead atoms. The van der Waals surface area contributed by atoms with E-state index in [0.717, 1.165) is 40.4 Å². The van der Waals surface area contributed by atoms with E-state index in [1.807, 2.05) is 41.5 Å². The predicted molar refractivity (Wildman–Crippen MR) is 175 cm³/mol. The van der Waals surface area contributed by atoms with E-state index >= 15 is 0 Å². The molecule has 15 nitrogen and oxygen atoms in total. The molecule has 268 valence electrons. The van der Waals surface area contributed by atoms with Crippen LogP contribution >= 0.6 is 31.3 Å². The summed E-state index contributed by atoms with van der Waals surface area (Å²) in [6.07, 6.45) is -0.373. The third-order valence-corrected chi connectivity index (χ3v) is 11.4. The summed E-state index contributed by atoms with van der Waals surface area (Å²) in [7, 11) is -4.32. The zero-order valence-corrected chi connectivity index (χ0v) is 30.4. The van der Waals surface area contributed by atoms with Crippen LogP contribution in [0.25, 0.3) is 0 Å². The molecule has 2 heterocycles. The monoisotopic (exact) mass is 726 g/mol. The number of hydrogen-bond donors (Lipinski definition) is 3. The third-order valence-electron chi connectivity index (χ3n) is 7.49. The van der Waals surface area contributed by atoms with Crippen LogP contribution < -0.4 is 11.2 Å². The fourth-order valence-corrected chi connectivity index (χ4v) is 7.39. The van der Waals surface area contributed by atoms with Crippen molar-refractivity contribution in [1.29, 1.82) is 0 Å². The van der Waals surface area contributed by atoms with Gasteiger partial charge in [0.05, 0.1) is 46.2 Å². The van der Waals surface area contributed by atoms with Crippen LogP contribution in [0, 0.1) is 10.8 Å². The highest BCUT2D eigenvalue weighted by atomic mass is 32.2. The van der Waals surface area contributed by atoms with Crippen LogP contribution in [-0.4, -0.2) is 105 Å². The van der Waals surface area contributed by atoms with Crippen LogP contribution in [-0.2, 0) is 41.9 Å². The number of phosphoric ester groups is 1. The molecule has 4 atom stereocenters. The van der Waals surface area contributed by atoms with Crippen molar-refractivity contribution in [3.05, 3.63) is 33.1 Å². The summed E-state index contributed by atoms with van der Waals surface area (Å²) in [6.45, 7) is 11.8. The van der Waals surface area contributed by atoms with Gasteiger partial charge in [-0.25, -0.2) is 9.36 Å². The first-order chi connectivity index (χ1) is 21.7. The number of rotatable bonds is 18. The van der Waals surface area contributed by atoms with Crippen LogP contribution in [0.2, 0.25) is 0 Å². The molecule has 0 spiro atoms. The quantitative estimate of drug-likeness (QED) is 0.147. The third kappa shape index (κ3) is 10.1. The molecule has 1 saturated carbocycles. The van der Waals surface area contributed by atoms with Crippen molar-refractivity contribution in [2.24, 2.45) is 10.8 Å². The maximum Gasteiger partial charge on any atom is 0.475 e. The SMILES string of the molecule is CC(C)(C)C(=O)SCCOCCOP(=O)(OCCOCCSC(=O)C(C)(C)C)OCC12CC1(O)C(C)(O)C(n1ccc(=O)[nH]c1=O)O2. The number of aliphatic hydroxyl groups is 2. The number of H-pyrrole nitrogens is 1. The Bertz CT molecular complexity index is 1380. The molecule has 4 unspecified atom stereocenters. The molecule has 1 aromatic heterocycles. The van der Waals surface area contributed by atoms with Gasteiger partial charge in [-0.1, -0.05) is 65.1 Å². The Morgan fingerprint density at radius 1 is 0.936 bits per heavy atom. The fraction of sp³-hybridized carbons (Fsp3) is 0.793. The van der Waals surface area contributed by atoms with Gasteiger partial charge >= 0.3 is 13.5 Å². The van der Waals surface area contributed by atoms with Crippen LogP contribution in [0.15, 0.2) is 21.9 Å². The molecule has 1 aliphatic carbocycles. The highest BCUT2D eigenvalue weighted by Crippen LogP contribution is 2.68. The predicted octanol–water partition coefficient (Wildman–Crippen LogP) is 2.49. The smallest absolute Gasteiger partial charge is 0.383 e. The zero-order valence-electron chi connectivity index (χ0n) is 27.9. The van der Waals surface area contributed by atoms with Crippen molar-refractivity contribution in [1.82, 2.24) is 9.55 Å². The minimum atomic E-state index is -4.32. The summed E-state index contributed by atoms with van der Waals surface area (Å²) in [5.41, 5.74) is -7.90. The lowest BCUT2D eigenvalue weighted by Crippen LogP contribution is -2.49. The molecule has 2 aliphatic rings. The second-order valence-electron chi connectivity index (χ2n) is 13.6. The average Bonchev–Trinajstić information content (AvgIpc) is 3.53. The van der Waals surface area contributed by atoms with Crippen molar-refractivity contribution in [2.75, 3.05) is 57.8 Å². The number of aromatic nitrogens is 2. The Hall–Kier alpha value is -1.37. The van der Waals surface area contributed by atoms with E-state index in [1.54, 1.807) is 0 Å². The number of nitrogens with zero attached hydrogens (tertiary/aromatic N) is 1. The second-order valence-corrected chi connectivity index (χ2v) is 17.4. The molecule has 47 heavy (non-hydrogen) atoms.